The molecule has 8 nitrogen and oxygen atoms in total. The Bertz CT molecular complexity index is 1370. The van der Waals surface area contributed by atoms with Crippen LogP contribution in [0.2, 0.25) is 0 Å². The van der Waals surface area contributed by atoms with E-state index in [-0.39, 0.29) is 19.1 Å². The molecule has 0 spiro atoms. The van der Waals surface area contributed by atoms with Crippen LogP contribution < -0.4 is 5.32 Å². The van der Waals surface area contributed by atoms with Gasteiger partial charge in [0.05, 0.1) is 39.9 Å². The average molecular weight is 1000 g/mol. The number of unbranched alkanes of at least 4 members (excludes halogenated alkanes) is 31. The van der Waals surface area contributed by atoms with Gasteiger partial charge in [0.25, 0.3) is 0 Å². The monoisotopic (exact) mass is 1000 g/mol. The smallest absolute Gasteiger partial charge is 0.387 e. The molecule has 3 unspecified atom stereocenters. The number of carbonyl (C=O) groups excluding carboxylic acids is 1. The molecule has 0 saturated carbocycles. The van der Waals surface area contributed by atoms with Crippen LogP contribution in [0.3, 0.4) is 0 Å². The third-order valence-electron chi connectivity index (χ3n) is 13.0. The van der Waals surface area contributed by atoms with Crippen LogP contribution >= 0.6 is 7.82 Å². The lowest BCUT2D eigenvalue weighted by Crippen LogP contribution is -2.45. The number of hydrogen-bond donors (Lipinski definition) is 3. The van der Waals surface area contributed by atoms with Crippen molar-refractivity contribution in [3.05, 3.63) is 72.9 Å². The molecule has 3 atom stereocenters. The number of likely N-dealkylation sites (N-methyl/N-ethyl adjacent to an activating group) is 1. The van der Waals surface area contributed by atoms with Crippen LogP contribution in [0.5, 0.6) is 0 Å². The lowest BCUT2D eigenvalue weighted by atomic mass is 10.0. The van der Waals surface area contributed by atoms with E-state index in [4.69, 9.17) is 9.05 Å². The van der Waals surface area contributed by atoms with Gasteiger partial charge in [0, 0.05) is 6.42 Å². The Balaban J connectivity index is 3.82. The van der Waals surface area contributed by atoms with Crippen molar-refractivity contribution in [2.75, 3.05) is 40.9 Å². The minimum Gasteiger partial charge on any atom is -0.387 e. The fourth-order valence-corrected chi connectivity index (χ4v) is 9.12. The molecule has 1 amide bonds. The number of amides is 1. The predicted molar refractivity (Wildman–Crippen MR) is 304 cm³/mol. The van der Waals surface area contributed by atoms with Crippen molar-refractivity contribution >= 4 is 13.7 Å². The number of allylic oxidation sites excluding steroid dienone is 11. The molecule has 0 aromatic carbocycles. The summed E-state index contributed by atoms with van der Waals surface area (Å²) in [5, 5.41) is 13.8. The van der Waals surface area contributed by atoms with Crippen LogP contribution in [0.25, 0.3) is 0 Å². The summed E-state index contributed by atoms with van der Waals surface area (Å²) in [6.45, 7) is 4.54. The highest BCUT2D eigenvalue weighted by Crippen LogP contribution is 2.43. The van der Waals surface area contributed by atoms with Crippen LogP contribution in [0.4, 0.5) is 0 Å². The van der Waals surface area contributed by atoms with Crippen molar-refractivity contribution in [1.82, 2.24) is 5.32 Å². The number of nitrogens with one attached hydrogen (secondary N) is 1. The first-order valence-corrected chi connectivity index (χ1v) is 30.8. The van der Waals surface area contributed by atoms with Crippen LogP contribution in [0.1, 0.15) is 258 Å². The molecule has 0 aromatic rings. The molecule has 9 heteroatoms. The molecule has 3 N–H and O–H groups in total. The number of aliphatic hydroxyl groups is 1. The summed E-state index contributed by atoms with van der Waals surface area (Å²) in [5.74, 6) is -0.193. The Kier molecular flexibility index (Phi) is 50.3. The Morgan fingerprint density at radius 2 is 0.886 bits per heavy atom. The maximum atomic E-state index is 12.9. The number of nitrogens with zero attached hydrogens (tertiary/aromatic N) is 1. The summed E-state index contributed by atoms with van der Waals surface area (Å²) in [6, 6.07) is -0.868. The van der Waals surface area contributed by atoms with Crippen LogP contribution in [0.15, 0.2) is 72.9 Å². The molecule has 0 aliphatic carbocycles. The van der Waals surface area contributed by atoms with E-state index in [0.717, 1.165) is 57.8 Å². The highest BCUT2D eigenvalue weighted by atomic mass is 31.2. The van der Waals surface area contributed by atoms with Gasteiger partial charge in [-0.05, 0) is 77.6 Å². The number of quaternary nitrogens is 1. The van der Waals surface area contributed by atoms with E-state index in [1.807, 2.05) is 34.1 Å². The van der Waals surface area contributed by atoms with Gasteiger partial charge in [-0.1, -0.05) is 247 Å². The maximum Gasteiger partial charge on any atom is 0.472 e. The molecule has 0 rings (SSSR count). The number of hydrogen-bond acceptors (Lipinski definition) is 5. The highest BCUT2D eigenvalue weighted by Gasteiger charge is 2.27. The normalized spacial score (nSPS) is 14.4. The van der Waals surface area contributed by atoms with Gasteiger partial charge in [0.15, 0.2) is 0 Å². The van der Waals surface area contributed by atoms with E-state index in [1.165, 1.54) is 180 Å². The zero-order valence-corrected chi connectivity index (χ0v) is 47.4. The molecule has 0 aromatic heterocycles. The summed E-state index contributed by atoms with van der Waals surface area (Å²) in [6.07, 6.45) is 72.2. The Morgan fingerprint density at radius 3 is 1.31 bits per heavy atom. The predicted octanol–water partition coefficient (Wildman–Crippen LogP) is 17.9. The molecule has 408 valence electrons. The van der Waals surface area contributed by atoms with Crippen molar-refractivity contribution in [3.8, 4) is 0 Å². The van der Waals surface area contributed by atoms with Crippen molar-refractivity contribution in [3.63, 3.8) is 0 Å². The first-order valence-electron chi connectivity index (χ1n) is 29.3. The van der Waals surface area contributed by atoms with Gasteiger partial charge >= 0.3 is 7.82 Å². The van der Waals surface area contributed by atoms with Gasteiger partial charge in [0.2, 0.25) is 5.91 Å². The van der Waals surface area contributed by atoms with E-state index in [0.29, 0.717) is 17.4 Å². The summed E-state index contributed by atoms with van der Waals surface area (Å²) < 4.78 is 23.5. The second-order valence-electron chi connectivity index (χ2n) is 21.0. The summed E-state index contributed by atoms with van der Waals surface area (Å²) in [7, 11) is 1.54. The average Bonchev–Trinajstić information content (AvgIpc) is 3.32. The lowest BCUT2D eigenvalue weighted by Gasteiger charge is -2.25. The van der Waals surface area contributed by atoms with Gasteiger partial charge in [0.1, 0.15) is 13.2 Å². The summed E-state index contributed by atoms with van der Waals surface area (Å²) in [4.78, 5) is 23.1. The number of phosphoric acid groups is 1. The molecular formula is C61H114N2O6P+. The van der Waals surface area contributed by atoms with Crippen LogP contribution in [0, 0.1) is 0 Å². The molecule has 0 saturated heterocycles. The number of carbonyl (C=O) groups is 1. The van der Waals surface area contributed by atoms with Crippen molar-refractivity contribution in [2.45, 2.75) is 270 Å². The van der Waals surface area contributed by atoms with Crippen LogP contribution in [-0.4, -0.2) is 73.4 Å². The first-order chi connectivity index (χ1) is 34.0. The topological polar surface area (TPSA) is 105 Å². The van der Waals surface area contributed by atoms with Gasteiger partial charge in [-0.3, -0.25) is 13.8 Å². The Labute approximate surface area is 434 Å². The third kappa shape index (κ3) is 53.7. The molecule has 0 bridgehead atoms. The van der Waals surface area contributed by atoms with E-state index >= 15 is 0 Å². The van der Waals surface area contributed by atoms with Crippen molar-refractivity contribution < 1.29 is 32.9 Å². The van der Waals surface area contributed by atoms with Gasteiger partial charge < -0.3 is 19.8 Å². The third-order valence-corrected chi connectivity index (χ3v) is 14.0. The van der Waals surface area contributed by atoms with E-state index in [1.54, 1.807) is 6.08 Å². The molecule has 0 fully saturated rings. The SMILES string of the molecule is C/C=C/CC/C=C/CC/C=C/C(O)C(COP(=O)(O)OCC[N+](C)(C)C)NC(=O)CCCCCCCCCCCCCCCCCCCCCCCCCC/C=C\C/C=C\C/C=C\CCCCCCC. The molecular weight excluding hydrogens is 888 g/mol. The summed E-state index contributed by atoms with van der Waals surface area (Å²) >= 11 is 0. The molecule has 0 heterocycles. The van der Waals surface area contributed by atoms with Crippen LogP contribution in [-0.2, 0) is 18.4 Å². The number of rotatable bonds is 53. The quantitative estimate of drug-likeness (QED) is 0.0243. The lowest BCUT2D eigenvalue weighted by molar-refractivity contribution is -0.870. The standard InChI is InChI=1S/C61H113N2O6P/c1-6-8-10-12-14-16-17-18-19-20-21-22-23-24-25-26-27-28-29-30-31-32-33-34-35-36-37-38-39-40-41-42-43-44-45-47-49-51-53-55-61(65)62-59(58-69-70(66,67)68-57-56-63(3,4)5)60(64)54-52-50-48-46-15-13-11-9-7-2/h7,9,15,17-18,20-21,23-24,46,52,54,59-60,64H,6,8,10-14,16,19,22,25-45,47-51,53,55-58H2,1-5H3,(H-,62,65,66,67)/p+1/b9-7+,18-17-,21-20-,24-23-,46-15+,54-52+. The first kappa shape index (κ1) is 67.9. The van der Waals surface area contributed by atoms with E-state index < -0.39 is 20.0 Å². The minimum atomic E-state index is -4.35. The fourth-order valence-electron chi connectivity index (χ4n) is 8.38. The Hall–Kier alpha value is -2.06. The largest absolute Gasteiger partial charge is 0.472 e. The molecule has 70 heavy (non-hydrogen) atoms. The fraction of sp³-hybridized carbons (Fsp3) is 0.787. The molecule has 0 aliphatic rings. The molecule has 0 radical (unpaired) electrons. The van der Waals surface area contributed by atoms with Crippen molar-refractivity contribution in [2.24, 2.45) is 0 Å². The summed E-state index contributed by atoms with van der Waals surface area (Å²) in [5.41, 5.74) is 0. The minimum absolute atomic E-state index is 0.0523. The zero-order chi connectivity index (χ0) is 51.3. The molecule has 0 aliphatic heterocycles. The van der Waals surface area contributed by atoms with Gasteiger partial charge in [-0.15, -0.1) is 0 Å². The number of aliphatic hydroxyl groups excluding tert-OH is 1. The number of phosphoric ester groups is 1. The van der Waals surface area contributed by atoms with Gasteiger partial charge in [-0.2, -0.15) is 0 Å². The zero-order valence-electron chi connectivity index (χ0n) is 46.5. The van der Waals surface area contributed by atoms with Gasteiger partial charge in [-0.25, -0.2) is 4.57 Å². The second kappa shape index (κ2) is 51.8. The van der Waals surface area contributed by atoms with E-state index in [9.17, 15) is 19.4 Å². The second-order valence-corrected chi connectivity index (χ2v) is 22.5. The Morgan fingerprint density at radius 1 is 0.514 bits per heavy atom. The highest BCUT2D eigenvalue weighted by molar-refractivity contribution is 7.47. The van der Waals surface area contributed by atoms with E-state index in [2.05, 4.69) is 73.0 Å². The van der Waals surface area contributed by atoms with Crippen molar-refractivity contribution in [1.29, 1.82) is 0 Å². The maximum absolute atomic E-state index is 12.9.